The maximum absolute atomic E-state index is 5.46. The fourth-order valence-electron chi connectivity index (χ4n) is 2.30. The Balaban J connectivity index is 1.88. The highest BCUT2D eigenvalue weighted by Gasteiger charge is 2.04. The van der Waals surface area contributed by atoms with Crippen LogP contribution in [0, 0.1) is 0 Å². The Morgan fingerprint density at radius 3 is 2.10 bits per heavy atom. The van der Waals surface area contributed by atoms with Gasteiger partial charge in [0.1, 0.15) is 5.75 Å². The fraction of sp³-hybridized carbons (Fsp3) is 0.368. The van der Waals surface area contributed by atoms with Gasteiger partial charge in [0.15, 0.2) is 0 Å². The van der Waals surface area contributed by atoms with Crippen molar-refractivity contribution < 1.29 is 4.74 Å². The van der Waals surface area contributed by atoms with Crippen LogP contribution in [0.15, 0.2) is 48.5 Å². The lowest BCUT2D eigenvalue weighted by Crippen LogP contribution is -2.18. The van der Waals surface area contributed by atoms with E-state index in [1.54, 1.807) is 0 Å². The fourth-order valence-corrected chi connectivity index (χ4v) is 2.30. The molecule has 0 spiro atoms. The van der Waals surface area contributed by atoms with Crippen LogP contribution in [0.5, 0.6) is 5.75 Å². The summed E-state index contributed by atoms with van der Waals surface area (Å²) in [6.45, 7) is 7.96. The highest BCUT2D eigenvalue weighted by atomic mass is 16.5. The number of nitrogens with one attached hydrogen (secondary N) is 1. The summed E-state index contributed by atoms with van der Waals surface area (Å²) in [5.41, 5.74) is 3.99. The van der Waals surface area contributed by atoms with E-state index in [1.165, 1.54) is 16.7 Å². The summed E-state index contributed by atoms with van der Waals surface area (Å²) < 4.78 is 5.46. The Morgan fingerprint density at radius 2 is 1.52 bits per heavy atom. The summed E-state index contributed by atoms with van der Waals surface area (Å²) >= 11 is 0. The normalized spacial score (nSPS) is 12.1. The molecule has 1 atom stereocenters. The molecule has 0 aromatic heterocycles. The molecule has 0 heterocycles. The molecule has 2 aromatic carbocycles. The molecular weight excluding hydrogens is 258 g/mol. The van der Waals surface area contributed by atoms with Crippen molar-refractivity contribution in [2.45, 2.75) is 39.8 Å². The Bertz CT molecular complexity index is 530. The van der Waals surface area contributed by atoms with Gasteiger partial charge in [-0.3, -0.25) is 0 Å². The highest BCUT2D eigenvalue weighted by molar-refractivity contribution is 5.28. The first-order valence-electron chi connectivity index (χ1n) is 7.77. The van der Waals surface area contributed by atoms with Crippen molar-refractivity contribution in [3.63, 3.8) is 0 Å². The minimum atomic E-state index is 0.350. The van der Waals surface area contributed by atoms with E-state index in [0.29, 0.717) is 12.6 Å². The van der Waals surface area contributed by atoms with Crippen LogP contribution in [-0.4, -0.2) is 6.61 Å². The quantitative estimate of drug-likeness (QED) is 0.808. The van der Waals surface area contributed by atoms with Crippen molar-refractivity contribution in [2.75, 3.05) is 6.61 Å². The number of hydrogen-bond acceptors (Lipinski definition) is 2. The Morgan fingerprint density at radius 1 is 0.905 bits per heavy atom. The zero-order valence-electron chi connectivity index (χ0n) is 13.2. The molecule has 2 nitrogen and oxygen atoms in total. The summed E-state index contributed by atoms with van der Waals surface area (Å²) in [6.07, 6.45) is 1.09. The molecule has 0 aliphatic heterocycles. The molecule has 0 aliphatic rings. The van der Waals surface area contributed by atoms with Crippen molar-refractivity contribution in [3.8, 4) is 5.75 Å². The third-order valence-electron chi connectivity index (χ3n) is 3.73. The number of hydrogen-bond donors (Lipinski definition) is 1. The first-order valence-corrected chi connectivity index (χ1v) is 7.77. The average Bonchev–Trinajstić information content (AvgIpc) is 2.54. The zero-order chi connectivity index (χ0) is 15.1. The van der Waals surface area contributed by atoms with Gasteiger partial charge in [-0.15, -0.1) is 0 Å². The molecule has 0 amide bonds. The molecule has 0 bridgehead atoms. The lowest BCUT2D eigenvalue weighted by Gasteiger charge is -2.15. The number of aryl methyl sites for hydroxylation is 1. The molecule has 0 fully saturated rings. The second-order valence-electron chi connectivity index (χ2n) is 5.27. The SMILES string of the molecule is CCOc1ccc(CNC(C)c2ccc(CC)cc2)cc1. The predicted octanol–water partition coefficient (Wildman–Crippen LogP) is 4.50. The van der Waals surface area contributed by atoms with E-state index in [9.17, 15) is 0 Å². The lowest BCUT2D eigenvalue weighted by molar-refractivity contribution is 0.340. The molecule has 21 heavy (non-hydrogen) atoms. The van der Waals surface area contributed by atoms with Crippen molar-refractivity contribution in [2.24, 2.45) is 0 Å². The van der Waals surface area contributed by atoms with Gasteiger partial charge in [-0.2, -0.15) is 0 Å². The van der Waals surface area contributed by atoms with Crippen LogP contribution in [0.25, 0.3) is 0 Å². The Labute approximate surface area is 128 Å². The van der Waals surface area contributed by atoms with Crippen LogP contribution in [-0.2, 0) is 13.0 Å². The summed E-state index contributed by atoms with van der Waals surface area (Å²) in [7, 11) is 0. The third-order valence-corrected chi connectivity index (χ3v) is 3.73. The van der Waals surface area contributed by atoms with Crippen molar-refractivity contribution in [1.29, 1.82) is 0 Å². The van der Waals surface area contributed by atoms with Gasteiger partial charge in [-0.05, 0) is 49.1 Å². The minimum absolute atomic E-state index is 0.350. The molecule has 0 aliphatic carbocycles. The second-order valence-corrected chi connectivity index (χ2v) is 5.27. The van der Waals surface area contributed by atoms with Crippen LogP contribution in [0.1, 0.15) is 43.5 Å². The molecule has 2 aromatic rings. The molecule has 2 heteroatoms. The number of rotatable bonds is 7. The first-order chi connectivity index (χ1) is 10.2. The predicted molar refractivity (Wildman–Crippen MR) is 88.7 cm³/mol. The first kappa shape index (κ1) is 15.6. The van der Waals surface area contributed by atoms with Crippen molar-refractivity contribution in [3.05, 3.63) is 65.2 Å². The highest BCUT2D eigenvalue weighted by Crippen LogP contribution is 2.16. The summed E-state index contributed by atoms with van der Waals surface area (Å²) in [6, 6.07) is 17.5. The van der Waals surface area contributed by atoms with Crippen molar-refractivity contribution >= 4 is 0 Å². The Hall–Kier alpha value is -1.80. The molecule has 1 unspecified atom stereocenters. The molecule has 2 rings (SSSR count). The summed E-state index contributed by atoms with van der Waals surface area (Å²) in [4.78, 5) is 0. The van der Waals surface area contributed by atoms with Gasteiger partial charge >= 0.3 is 0 Å². The largest absolute Gasteiger partial charge is 0.494 e. The third kappa shape index (κ3) is 4.61. The molecular formula is C19H25NO. The topological polar surface area (TPSA) is 21.3 Å². The van der Waals surface area contributed by atoms with E-state index >= 15 is 0 Å². The molecule has 0 saturated carbocycles. The maximum Gasteiger partial charge on any atom is 0.119 e. The van der Waals surface area contributed by atoms with Crippen LogP contribution >= 0.6 is 0 Å². The molecule has 1 N–H and O–H groups in total. The van der Waals surface area contributed by atoms with Gasteiger partial charge in [-0.25, -0.2) is 0 Å². The van der Waals surface area contributed by atoms with E-state index in [0.717, 1.165) is 18.7 Å². The molecule has 0 radical (unpaired) electrons. The van der Waals surface area contributed by atoms with Crippen LogP contribution in [0.3, 0.4) is 0 Å². The van der Waals surface area contributed by atoms with E-state index in [-0.39, 0.29) is 0 Å². The van der Waals surface area contributed by atoms with E-state index in [4.69, 9.17) is 4.74 Å². The maximum atomic E-state index is 5.46. The van der Waals surface area contributed by atoms with Gasteiger partial charge in [0.25, 0.3) is 0 Å². The van der Waals surface area contributed by atoms with Gasteiger partial charge in [-0.1, -0.05) is 43.3 Å². The minimum Gasteiger partial charge on any atom is -0.494 e. The Kier molecular flexibility index (Phi) is 5.82. The summed E-state index contributed by atoms with van der Waals surface area (Å²) in [5, 5.41) is 3.56. The van der Waals surface area contributed by atoms with Crippen LogP contribution < -0.4 is 10.1 Å². The van der Waals surface area contributed by atoms with Gasteiger partial charge in [0.05, 0.1) is 6.61 Å². The zero-order valence-corrected chi connectivity index (χ0v) is 13.2. The van der Waals surface area contributed by atoms with Crippen LogP contribution in [0.2, 0.25) is 0 Å². The van der Waals surface area contributed by atoms with Crippen molar-refractivity contribution in [1.82, 2.24) is 5.32 Å². The van der Waals surface area contributed by atoms with Gasteiger partial charge in [0.2, 0.25) is 0 Å². The number of benzene rings is 2. The number of ether oxygens (including phenoxy) is 1. The monoisotopic (exact) mass is 283 g/mol. The molecule has 112 valence electrons. The van der Waals surface area contributed by atoms with Gasteiger partial charge < -0.3 is 10.1 Å². The van der Waals surface area contributed by atoms with E-state index in [1.807, 2.05) is 19.1 Å². The van der Waals surface area contributed by atoms with Crippen LogP contribution in [0.4, 0.5) is 0 Å². The second kappa shape index (κ2) is 7.84. The summed E-state index contributed by atoms with van der Waals surface area (Å²) in [5.74, 6) is 0.935. The molecule has 0 saturated heterocycles. The smallest absolute Gasteiger partial charge is 0.119 e. The van der Waals surface area contributed by atoms with E-state index < -0.39 is 0 Å². The lowest BCUT2D eigenvalue weighted by atomic mass is 10.0. The average molecular weight is 283 g/mol. The van der Waals surface area contributed by atoms with E-state index in [2.05, 4.69) is 55.6 Å². The standard InChI is InChI=1S/C19H25NO/c1-4-16-6-10-18(11-7-16)15(3)20-14-17-8-12-19(13-9-17)21-5-2/h6-13,15,20H,4-5,14H2,1-3H3. The van der Waals surface area contributed by atoms with Gasteiger partial charge in [0, 0.05) is 12.6 Å².